The monoisotopic (exact) mass is 354 g/mol. The second kappa shape index (κ2) is 7.30. The van der Waals surface area contributed by atoms with Crippen LogP contribution in [0.4, 0.5) is 5.69 Å². The minimum absolute atomic E-state index is 0.0432. The van der Waals surface area contributed by atoms with Crippen LogP contribution < -0.4 is 0 Å². The van der Waals surface area contributed by atoms with Crippen LogP contribution in [0.2, 0.25) is 0 Å². The molecule has 1 atom stereocenters. The number of benzene rings is 3. The van der Waals surface area contributed by atoms with E-state index in [1.54, 1.807) is 12.1 Å². The number of aromatic amines is 1. The summed E-state index contributed by atoms with van der Waals surface area (Å²) < 4.78 is 0. The first-order chi connectivity index (χ1) is 13.2. The number of nitro benzene ring substituents is 1. The molecule has 0 bridgehead atoms. The van der Waals surface area contributed by atoms with E-state index in [9.17, 15) is 10.1 Å². The number of fused-ring (bicyclic) bond motifs is 1. The molecule has 27 heavy (non-hydrogen) atoms. The van der Waals surface area contributed by atoms with Crippen molar-refractivity contribution in [1.82, 2.24) is 4.98 Å². The summed E-state index contributed by atoms with van der Waals surface area (Å²) in [7, 11) is 0. The number of allylic oxidation sites excluding steroid dienone is 1. The van der Waals surface area contributed by atoms with Crippen molar-refractivity contribution in [2.75, 3.05) is 0 Å². The van der Waals surface area contributed by atoms with E-state index in [0.717, 1.165) is 22.0 Å². The van der Waals surface area contributed by atoms with Crippen molar-refractivity contribution in [3.8, 4) is 0 Å². The molecule has 0 saturated carbocycles. The Bertz CT molecular complexity index is 1100. The van der Waals surface area contributed by atoms with E-state index in [2.05, 4.69) is 41.4 Å². The van der Waals surface area contributed by atoms with Gasteiger partial charge >= 0.3 is 0 Å². The Kier molecular flexibility index (Phi) is 4.54. The lowest BCUT2D eigenvalue weighted by atomic mass is 9.90. The lowest BCUT2D eigenvalue weighted by Gasteiger charge is -2.13. The second-order valence-corrected chi connectivity index (χ2v) is 6.39. The maximum absolute atomic E-state index is 11.0. The molecule has 1 N–H and O–H groups in total. The van der Waals surface area contributed by atoms with E-state index >= 15 is 0 Å². The number of nitro groups is 1. The van der Waals surface area contributed by atoms with Crippen LogP contribution in [-0.2, 0) is 0 Å². The quantitative estimate of drug-likeness (QED) is 0.357. The summed E-state index contributed by atoms with van der Waals surface area (Å²) in [6.07, 6.45) is 6.23. The standard InChI is InChI=1S/C23H18N2O2/c26-25(27)19-12-14-21-22(16-24-23(21)15-19)20(18-9-5-2-6-10-18)13-11-17-7-3-1-4-8-17/h1-16,20,24H/b13-11+/t20-/m1/s1. The number of non-ortho nitro benzene ring substituents is 1. The molecule has 0 saturated heterocycles. The highest BCUT2D eigenvalue weighted by Gasteiger charge is 2.17. The zero-order chi connectivity index (χ0) is 18.6. The highest BCUT2D eigenvalue weighted by molar-refractivity contribution is 5.86. The van der Waals surface area contributed by atoms with Gasteiger partial charge in [-0.2, -0.15) is 0 Å². The van der Waals surface area contributed by atoms with Crippen LogP contribution in [0.15, 0.2) is 91.1 Å². The molecule has 4 aromatic rings. The second-order valence-electron chi connectivity index (χ2n) is 6.39. The molecule has 0 radical (unpaired) electrons. The van der Waals surface area contributed by atoms with Gasteiger partial charge in [0, 0.05) is 29.6 Å². The summed E-state index contributed by atoms with van der Waals surface area (Å²) >= 11 is 0. The van der Waals surface area contributed by atoms with Crippen LogP contribution >= 0.6 is 0 Å². The Balaban J connectivity index is 1.80. The summed E-state index contributed by atoms with van der Waals surface area (Å²) in [4.78, 5) is 13.9. The predicted octanol–water partition coefficient (Wildman–Crippen LogP) is 5.92. The highest BCUT2D eigenvalue weighted by atomic mass is 16.6. The molecule has 1 heterocycles. The van der Waals surface area contributed by atoms with E-state index in [4.69, 9.17) is 0 Å². The molecule has 0 aliphatic heterocycles. The van der Waals surface area contributed by atoms with E-state index in [1.807, 2.05) is 48.7 Å². The van der Waals surface area contributed by atoms with Gasteiger partial charge in [0.1, 0.15) is 0 Å². The number of hydrogen-bond acceptors (Lipinski definition) is 2. The Hall–Kier alpha value is -3.66. The Morgan fingerprint density at radius 2 is 1.63 bits per heavy atom. The van der Waals surface area contributed by atoms with Crippen LogP contribution in [0.3, 0.4) is 0 Å². The number of aromatic nitrogens is 1. The van der Waals surface area contributed by atoms with Gasteiger partial charge in [-0.15, -0.1) is 0 Å². The molecule has 0 aliphatic carbocycles. The summed E-state index contributed by atoms with van der Waals surface area (Å²) in [5.74, 6) is 0.0432. The van der Waals surface area contributed by atoms with Gasteiger partial charge in [-0.1, -0.05) is 72.8 Å². The van der Waals surface area contributed by atoms with E-state index in [1.165, 1.54) is 5.56 Å². The van der Waals surface area contributed by atoms with Crippen LogP contribution in [0.25, 0.3) is 17.0 Å². The van der Waals surface area contributed by atoms with Crippen molar-refractivity contribution >= 4 is 22.7 Å². The topological polar surface area (TPSA) is 58.9 Å². The minimum Gasteiger partial charge on any atom is -0.361 e. The summed E-state index contributed by atoms with van der Waals surface area (Å²) in [6, 6.07) is 25.4. The zero-order valence-corrected chi connectivity index (χ0v) is 14.6. The van der Waals surface area contributed by atoms with Crippen molar-refractivity contribution in [2.24, 2.45) is 0 Å². The first-order valence-electron chi connectivity index (χ1n) is 8.76. The maximum Gasteiger partial charge on any atom is 0.271 e. The van der Waals surface area contributed by atoms with E-state index in [-0.39, 0.29) is 16.5 Å². The summed E-state index contributed by atoms with van der Waals surface area (Å²) in [5.41, 5.74) is 4.26. The zero-order valence-electron chi connectivity index (χ0n) is 14.6. The number of H-pyrrole nitrogens is 1. The lowest BCUT2D eigenvalue weighted by molar-refractivity contribution is -0.384. The average Bonchev–Trinajstić information content (AvgIpc) is 3.13. The third-order valence-corrected chi connectivity index (χ3v) is 4.68. The van der Waals surface area contributed by atoms with Crippen molar-refractivity contribution in [1.29, 1.82) is 0 Å². The van der Waals surface area contributed by atoms with Gasteiger partial charge in [0.2, 0.25) is 0 Å². The SMILES string of the molecule is O=[N+]([O-])c1ccc2c([C@H](/C=C/c3ccccc3)c3ccccc3)c[nH]c2c1. The molecule has 4 rings (SSSR count). The molecule has 0 amide bonds. The molecule has 132 valence electrons. The molecule has 4 nitrogen and oxygen atoms in total. The van der Waals surface area contributed by atoms with E-state index in [0.29, 0.717) is 0 Å². The minimum atomic E-state index is -0.371. The predicted molar refractivity (Wildman–Crippen MR) is 109 cm³/mol. The fourth-order valence-electron chi connectivity index (χ4n) is 3.33. The van der Waals surface area contributed by atoms with Crippen molar-refractivity contribution in [3.63, 3.8) is 0 Å². The number of hydrogen-bond donors (Lipinski definition) is 1. The lowest BCUT2D eigenvalue weighted by Crippen LogP contribution is -1.97. The summed E-state index contributed by atoms with van der Waals surface area (Å²) in [6.45, 7) is 0. The van der Waals surface area contributed by atoms with Gasteiger partial charge in [-0.05, 0) is 22.8 Å². The third kappa shape index (κ3) is 3.51. The molecule has 0 spiro atoms. The van der Waals surface area contributed by atoms with Crippen LogP contribution in [-0.4, -0.2) is 9.91 Å². The third-order valence-electron chi connectivity index (χ3n) is 4.68. The Morgan fingerprint density at radius 3 is 2.33 bits per heavy atom. The molecule has 3 aromatic carbocycles. The number of nitrogens with zero attached hydrogens (tertiary/aromatic N) is 1. The van der Waals surface area contributed by atoms with Gasteiger partial charge in [0.25, 0.3) is 5.69 Å². The van der Waals surface area contributed by atoms with Gasteiger partial charge in [-0.3, -0.25) is 10.1 Å². The fourth-order valence-corrected chi connectivity index (χ4v) is 3.33. The first-order valence-corrected chi connectivity index (χ1v) is 8.76. The first kappa shape index (κ1) is 16.8. The molecular formula is C23H18N2O2. The average molecular weight is 354 g/mol. The van der Waals surface area contributed by atoms with Crippen LogP contribution in [0.5, 0.6) is 0 Å². The normalized spacial score (nSPS) is 12.4. The molecule has 4 heteroatoms. The van der Waals surface area contributed by atoms with Crippen LogP contribution in [0, 0.1) is 10.1 Å². The molecule has 1 aromatic heterocycles. The van der Waals surface area contributed by atoms with Gasteiger partial charge in [-0.25, -0.2) is 0 Å². The largest absolute Gasteiger partial charge is 0.361 e. The Morgan fingerprint density at radius 1 is 0.926 bits per heavy atom. The molecule has 0 fully saturated rings. The molecule has 0 aliphatic rings. The molecular weight excluding hydrogens is 336 g/mol. The Labute approximate surface area is 156 Å². The van der Waals surface area contributed by atoms with Crippen molar-refractivity contribution in [3.05, 3.63) is 118 Å². The highest BCUT2D eigenvalue weighted by Crippen LogP contribution is 2.33. The van der Waals surface area contributed by atoms with Gasteiger partial charge in [0.05, 0.1) is 10.4 Å². The number of nitrogens with one attached hydrogen (secondary N) is 1. The van der Waals surface area contributed by atoms with Gasteiger partial charge in [0.15, 0.2) is 0 Å². The van der Waals surface area contributed by atoms with Gasteiger partial charge < -0.3 is 4.98 Å². The van der Waals surface area contributed by atoms with Crippen molar-refractivity contribution < 1.29 is 4.92 Å². The number of rotatable bonds is 5. The summed E-state index contributed by atoms with van der Waals surface area (Å²) in [5, 5.41) is 12.0. The van der Waals surface area contributed by atoms with Crippen molar-refractivity contribution in [2.45, 2.75) is 5.92 Å². The van der Waals surface area contributed by atoms with E-state index < -0.39 is 0 Å². The smallest absolute Gasteiger partial charge is 0.271 e. The maximum atomic E-state index is 11.0. The fraction of sp³-hybridized carbons (Fsp3) is 0.0435. The van der Waals surface area contributed by atoms with Crippen LogP contribution in [0.1, 0.15) is 22.6 Å². The molecule has 0 unspecified atom stereocenters.